The van der Waals surface area contributed by atoms with Crippen LogP contribution in [-0.2, 0) is 29.2 Å². The van der Waals surface area contributed by atoms with Crippen LogP contribution in [0.5, 0.6) is 0 Å². The average Bonchev–Trinajstić information content (AvgIpc) is 3.01. The Kier molecular flexibility index (Phi) is 4.79. The topological polar surface area (TPSA) is 117 Å². The Morgan fingerprint density at radius 2 is 2.04 bits per heavy atom. The highest BCUT2D eigenvalue weighted by atomic mass is 16.2. The van der Waals surface area contributed by atoms with E-state index in [1.165, 1.54) is 0 Å². The van der Waals surface area contributed by atoms with Crippen molar-refractivity contribution in [2.24, 2.45) is 0 Å². The summed E-state index contributed by atoms with van der Waals surface area (Å²) in [5.41, 5.74) is 9.19. The standard InChI is InChI=1S/C20H21N5O3/c21-17-6-4-12(9-23-17)8-22-10-13-2-1-3-14-15(13)11-25(20(14)28)16-5-7-18(26)24-19(16)27/h1-4,6,9,16,22H,5,7-8,10-11H2,(H2,21,23)(H,24,26,27). The van der Waals surface area contributed by atoms with Crippen molar-refractivity contribution >= 4 is 23.5 Å². The predicted molar refractivity (Wildman–Crippen MR) is 102 cm³/mol. The highest BCUT2D eigenvalue weighted by molar-refractivity contribution is 6.05. The Bertz CT molecular complexity index is 941. The number of amides is 3. The Hall–Kier alpha value is -3.26. The molecular formula is C20H21N5O3. The van der Waals surface area contributed by atoms with Crippen LogP contribution in [0.3, 0.4) is 0 Å². The van der Waals surface area contributed by atoms with Crippen LogP contribution in [0.4, 0.5) is 5.82 Å². The van der Waals surface area contributed by atoms with Gasteiger partial charge in [0.05, 0.1) is 0 Å². The average molecular weight is 379 g/mol. The van der Waals surface area contributed by atoms with Gasteiger partial charge in [-0.3, -0.25) is 19.7 Å². The fraction of sp³-hybridized carbons (Fsp3) is 0.300. The molecule has 0 bridgehead atoms. The van der Waals surface area contributed by atoms with Gasteiger partial charge in [0.15, 0.2) is 0 Å². The number of hydrogen-bond acceptors (Lipinski definition) is 6. The van der Waals surface area contributed by atoms with Crippen LogP contribution in [0, 0.1) is 0 Å². The monoisotopic (exact) mass is 379 g/mol. The summed E-state index contributed by atoms with van der Waals surface area (Å²) in [5.74, 6) is -0.355. The summed E-state index contributed by atoms with van der Waals surface area (Å²) in [7, 11) is 0. The number of carbonyl (C=O) groups is 3. The molecule has 8 nitrogen and oxygen atoms in total. The van der Waals surface area contributed by atoms with E-state index in [-0.39, 0.29) is 18.2 Å². The third kappa shape index (κ3) is 3.46. The summed E-state index contributed by atoms with van der Waals surface area (Å²) in [4.78, 5) is 42.0. The first kappa shape index (κ1) is 18.1. The van der Waals surface area contributed by atoms with E-state index in [0.29, 0.717) is 37.4 Å². The van der Waals surface area contributed by atoms with Crippen molar-refractivity contribution in [1.82, 2.24) is 20.5 Å². The largest absolute Gasteiger partial charge is 0.384 e. The van der Waals surface area contributed by atoms with Crippen LogP contribution in [0.15, 0.2) is 36.5 Å². The lowest BCUT2D eigenvalue weighted by molar-refractivity contribution is -0.136. The van der Waals surface area contributed by atoms with Crippen molar-refractivity contribution in [1.29, 1.82) is 0 Å². The molecule has 0 radical (unpaired) electrons. The molecule has 4 N–H and O–H groups in total. The van der Waals surface area contributed by atoms with Gasteiger partial charge in [0.2, 0.25) is 11.8 Å². The van der Waals surface area contributed by atoms with Gasteiger partial charge >= 0.3 is 0 Å². The van der Waals surface area contributed by atoms with Crippen LogP contribution in [-0.4, -0.2) is 33.6 Å². The van der Waals surface area contributed by atoms with Gasteiger partial charge in [-0.15, -0.1) is 0 Å². The Balaban J connectivity index is 1.46. The van der Waals surface area contributed by atoms with Crippen LogP contribution >= 0.6 is 0 Å². The fourth-order valence-electron chi connectivity index (χ4n) is 3.70. The summed E-state index contributed by atoms with van der Waals surface area (Å²) >= 11 is 0. The lowest BCUT2D eigenvalue weighted by Gasteiger charge is -2.29. The molecule has 0 spiro atoms. The first-order valence-corrected chi connectivity index (χ1v) is 9.19. The highest BCUT2D eigenvalue weighted by Gasteiger charge is 2.39. The molecule has 0 aliphatic carbocycles. The second-order valence-electron chi connectivity index (χ2n) is 7.04. The van der Waals surface area contributed by atoms with E-state index in [2.05, 4.69) is 15.6 Å². The minimum absolute atomic E-state index is 0.158. The SMILES string of the molecule is Nc1ccc(CNCc2cccc3c2CN(C2CCC(=O)NC2=O)C3=O)cn1. The molecular weight excluding hydrogens is 358 g/mol. The number of pyridine rings is 1. The molecule has 0 saturated carbocycles. The summed E-state index contributed by atoms with van der Waals surface area (Å²) in [6, 6.07) is 8.70. The van der Waals surface area contributed by atoms with Crippen molar-refractivity contribution in [2.75, 3.05) is 5.73 Å². The second-order valence-corrected chi connectivity index (χ2v) is 7.04. The number of aromatic nitrogens is 1. The number of nitrogens with zero attached hydrogens (tertiary/aromatic N) is 2. The number of hydrogen-bond donors (Lipinski definition) is 3. The molecule has 2 aromatic rings. The third-order valence-electron chi connectivity index (χ3n) is 5.17. The van der Waals surface area contributed by atoms with E-state index in [9.17, 15) is 14.4 Å². The van der Waals surface area contributed by atoms with Crippen LogP contribution in [0.2, 0.25) is 0 Å². The van der Waals surface area contributed by atoms with Crippen molar-refractivity contribution in [3.63, 3.8) is 0 Å². The lowest BCUT2D eigenvalue weighted by Crippen LogP contribution is -2.52. The summed E-state index contributed by atoms with van der Waals surface area (Å²) in [6.45, 7) is 1.59. The van der Waals surface area contributed by atoms with Crippen molar-refractivity contribution in [2.45, 2.75) is 38.5 Å². The van der Waals surface area contributed by atoms with E-state index >= 15 is 0 Å². The number of rotatable bonds is 5. The molecule has 1 saturated heterocycles. The number of carbonyl (C=O) groups excluding carboxylic acids is 3. The molecule has 3 heterocycles. The van der Waals surface area contributed by atoms with Gasteiger partial charge in [0.1, 0.15) is 11.9 Å². The van der Waals surface area contributed by atoms with Crippen LogP contribution in [0.25, 0.3) is 0 Å². The second kappa shape index (κ2) is 7.40. The quantitative estimate of drug-likeness (QED) is 0.659. The molecule has 3 amide bonds. The number of imide groups is 1. The molecule has 1 aromatic carbocycles. The smallest absolute Gasteiger partial charge is 0.255 e. The third-order valence-corrected chi connectivity index (χ3v) is 5.17. The van der Waals surface area contributed by atoms with Crippen molar-refractivity contribution in [3.05, 3.63) is 58.8 Å². The maximum Gasteiger partial charge on any atom is 0.255 e. The molecule has 4 rings (SSSR count). The van der Waals surface area contributed by atoms with Crippen molar-refractivity contribution in [3.8, 4) is 0 Å². The molecule has 1 aromatic heterocycles. The zero-order valence-corrected chi connectivity index (χ0v) is 15.3. The predicted octanol–water partition coefficient (Wildman–Crippen LogP) is 0.715. The number of nitrogen functional groups attached to an aromatic ring is 1. The van der Waals surface area contributed by atoms with E-state index in [0.717, 1.165) is 16.7 Å². The maximum absolute atomic E-state index is 12.8. The lowest BCUT2D eigenvalue weighted by atomic mass is 10.0. The van der Waals surface area contributed by atoms with Gasteiger partial charge in [-0.05, 0) is 35.2 Å². The highest BCUT2D eigenvalue weighted by Crippen LogP contribution is 2.29. The molecule has 144 valence electrons. The Morgan fingerprint density at radius 3 is 2.79 bits per heavy atom. The van der Waals surface area contributed by atoms with E-state index in [1.807, 2.05) is 18.2 Å². The zero-order chi connectivity index (χ0) is 19.7. The minimum Gasteiger partial charge on any atom is -0.384 e. The van der Waals surface area contributed by atoms with Crippen LogP contribution < -0.4 is 16.4 Å². The Morgan fingerprint density at radius 1 is 1.18 bits per heavy atom. The summed E-state index contributed by atoms with van der Waals surface area (Å²) < 4.78 is 0. The fourth-order valence-corrected chi connectivity index (χ4v) is 3.70. The van der Waals surface area contributed by atoms with Gasteiger partial charge in [-0.1, -0.05) is 18.2 Å². The number of benzene rings is 1. The number of nitrogens with two attached hydrogens (primary N) is 1. The number of nitrogens with one attached hydrogen (secondary N) is 2. The molecule has 1 unspecified atom stereocenters. The zero-order valence-electron chi connectivity index (χ0n) is 15.3. The molecule has 1 fully saturated rings. The van der Waals surface area contributed by atoms with Crippen LogP contribution in [0.1, 0.15) is 39.9 Å². The van der Waals surface area contributed by atoms with Gasteiger partial charge in [-0.2, -0.15) is 0 Å². The molecule has 8 heteroatoms. The van der Waals surface area contributed by atoms with Crippen molar-refractivity contribution < 1.29 is 14.4 Å². The minimum atomic E-state index is -0.598. The molecule has 2 aliphatic heterocycles. The summed E-state index contributed by atoms with van der Waals surface area (Å²) in [5, 5.41) is 5.68. The maximum atomic E-state index is 12.8. The molecule has 28 heavy (non-hydrogen) atoms. The number of piperidine rings is 1. The van der Waals surface area contributed by atoms with Gasteiger partial charge in [0, 0.05) is 37.8 Å². The number of anilines is 1. The van der Waals surface area contributed by atoms with E-state index < -0.39 is 11.9 Å². The van der Waals surface area contributed by atoms with Gasteiger partial charge in [-0.25, -0.2) is 4.98 Å². The van der Waals surface area contributed by atoms with Gasteiger partial charge in [0.25, 0.3) is 5.91 Å². The molecule has 1 atom stereocenters. The van der Waals surface area contributed by atoms with E-state index in [1.54, 1.807) is 23.2 Å². The Labute approximate surface area is 162 Å². The normalized spacial score (nSPS) is 18.9. The van der Waals surface area contributed by atoms with Gasteiger partial charge < -0.3 is 16.0 Å². The van der Waals surface area contributed by atoms with E-state index in [4.69, 9.17) is 5.73 Å². The number of fused-ring (bicyclic) bond motifs is 1. The first-order chi connectivity index (χ1) is 13.5. The molecule has 2 aliphatic rings. The summed E-state index contributed by atoms with van der Waals surface area (Å²) in [6.07, 6.45) is 2.34. The first-order valence-electron chi connectivity index (χ1n) is 9.19.